The average Bonchev–Trinajstić information content (AvgIpc) is 3.36. The van der Waals surface area contributed by atoms with Crippen LogP contribution in [0.1, 0.15) is 284 Å². The summed E-state index contributed by atoms with van der Waals surface area (Å²) in [5, 5.41) is 0. The molecule has 0 aliphatic heterocycles. The van der Waals surface area contributed by atoms with Crippen LogP contribution in [0.25, 0.3) is 0 Å². The van der Waals surface area contributed by atoms with Gasteiger partial charge < -0.3 is 14.2 Å². The number of carbonyl (C=O) groups excluding carboxylic acids is 3. The van der Waals surface area contributed by atoms with Crippen molar-refractivity contribution in [3.63, 3.8) is 0 Å². The second kappa shape index (κ2) is 58.2. The molecule has 0 bridgehead atoms. The molecule has 0 heterocycles. The Hall–Kier alpha value is -3.41. The predicted molar refractivity (Wildman–Crippen MR) is 302 cm³/mol. The van der Waals surface area contributed by atoms with Crippen molar-refractivity contribution in [3.8, 4) is 0 Å². The standard InChI is InChI=1S/C64H110O6/c1-4-7-10-13-16-19-22-24-26-28-30-32-34-36-38-40-42-45-48-51-54-57-63(66)69-60-61(59-68-62(65)56-53-50-47-44-21-18-15-12-9-6-3)70-64(67)58-55-52-49-46-43-41-39-37-35-33-31-29-27-25-23-20-17-14-11-8-5-2/h7,10,12,15-16,19,23-26,29-32,61H,4-6,8-9,11,13-14,17-18,20-22,27-28,33-60H2,1-3H3/b10-7-,15-12-,19-16-,25-23-,26-24-,31-29-,32-30-. The van der Waals surface area contributed by atoms with E-state index in [1.165, 1.54) is 135 Å². The van der Waals surface area contributed by atoms with E-state index in [0.717, 1.165) is 109 Å². The summed E-state index contributed by atoms with van der Waals surface area (Å²) in [7, 11) is 0. The van der Waals surface area contributed by atoms with E-state index in [4.69, 9.17) is 14.2 Å². The lowest BCUT2D eigenvalue weighted by Gasteiger charge is -2.18. The summed E-state index contributed by atoms with van der Waals surface area (Å²) in [4.78, 5) is 38.1. The van der Waals surface area contributed by atoms with Crippen LogP contribution >= 0.6 is 0 Å². The third-order valence-electron chi connectivity index (χ3n) is 12.6. The van der Waals surface area contributed by atoms with E-state index in [9.17, 15) is 14.4 Å². The smallest absolute Gasteiger partial charge is 0.306 e. The molecule has 0 rings (SSSR count). The summed E-state index contributed by atoms with van der Waals surface area (Å²) < 4.78 is 16.8. The van der Waals surface area contributed by atoms with Gasteiger partial charge >= 0.3 is 17.9 Å². The van der Waals surface area contributed by atoms with E-state index in [1.54, 1.807) is 0 Å². The van der Waals surface area contributed by atoms with Crippen molar-refractivity contribution in [1.29, 1.82) is 0 Å². The lowest BCUT2D eigenvalue weighted by atomic mass is 10.1. The summed E-state index contributed by atoms with van der Waals surface area (Å²) in [5.74, 6) is -0.901. The molecule has 6 heteroatoms. The van der Waals surface area contributed by atoms with Crippen LogP contribution < -0.4 is 0 Å². The lowest BCUT2D eigenvalue weighted by Crippen LogP contribution is -2.30. The molecule has 0 aliphatic rings. The van der Waals surface area contributed by atoms with E-state index in [0.29, 0.717) is 19.3 Å². The number of esters is 3. The number of carbonyl (C=O) groups is 3. The average molecular weight is 976 g/mol. The van der Waals surface area contributed by atoms with Gasteiger partial charge in [0.1, 0.15) is 13.2 Å². The first-order chi connectivity index (χ1) is 34.5. The van der Waals surface area contributed by atoms with Gasteiger partial charge in [0.2, 0.25) is 0 Å². The first-order valence-electron chi connectivity index (χ1n) is 29.6. The zero-order chi connectivity index (χ0) is 50.7. The molecule has 0 saturated heterocycles. The van der Waals surface area contributed by atoms with Gasteiger partial charge in [0.15, 0.2) is 6.10 Å². The van der Waals surface area contributed by atoms with Crippen LogP contribution in [0.4, 0.5) is 0 Å². The Bertz CT molecular complexity index is 1350. The quantitative estimate of drug-likeness (QED) is 0.0261. The van der Waals surface area contributed by atoms with Gasteiger partial charge in [-0.15, -0.1) is 0 Å². The highest BCUT2D eigenvalue weighted by Crippen LogP contribution is 2.15. The van der Waals surface area contributed by atoms with E-state index < -0.39 is 6.10 Å². The van der Waals surface area contributed by atoms with Crippen molar-refractivity contribution in [2.24, 2.45) is 0 Å². The number of allylic oxidation sites excluding steroid dienone is 14. The molecule has 402 valence electrons. The lowest BCUT2D eigenvalue weighted by molar-refractivity contribution is -0.167. The Morgan fingerprint density at radius 3 is 0.943 bits per heavy atom. The molecule has 0 radical (unpaired) electrons. The highest BCUT2D eigenvalue weighted by molar-refractivity contribution is 5.71. The molecule has 1 atom stereocenters. The van der Waals surface area contributed by atoms with Crippen molar-refractivity contribution in [3.05, 3.63) is 85.1 Å². The Morgan fingerprint density at radius 2 is 0.586 bits per heavy atom. The molecule has 0 aromatic carbocycles. The third-order valence-corrected chi connectivity index (χ3v) is 12.6. The zero-order valence-corrected chi connectivity index (χ0v) is 46.0. The molecule has 0 aromatic heterocycles. The van der Waals surface area contributed by atoms with Crippen molar-refractivity contribution in [2.45, 2.75) is 290 Å². The molecule has 0 amide bonds. The first-order valence-corrected chi connectivity index (χ1v) is 29.6. The highest BCUT2D eigenvalue weighted by Gasteiger charge is 2.19. The van der Waals surface area contributed by atoms with E-state index in [-0.39, 0.29) is 31.1 Å². The minimum atomic E-state index is -0.786. The fraction of sp³-hybridized carbons (Fsp3) is 0.734. The van der Waals surface area contributed by atoms with Gasteiger partial charge in [-0.3, -0.25) is 14.4 Å². The molecule has 6 nitrogen and oxygen atoms in total. The number of hydrogen-bond donors (Lipinski definition) is 0. The third kappa shape index (κ3) is 55.5. The van der Waals surface area contributed by atoms with Crippen molar-refractivity contribution in [2.75, 3.05) is 13.2 Å². The fourth-order valence-electron chi connectivity index (χ4n) is 8.17. The minimum Gasteiger partial charge on any atom is -0.462 e. The maximum atomic E-state index is 12.9. The molecule has 70 heavy (non-hydrogen) atoms. The first kappa shape index (κ1) is 66.6. The maximum Gasteiger partial charge on any atom is 0.306 e. The molecular weight excluding hydrogens is 865 g/mol. The van der Waals surface area contributed by atoms with Gasteiger partial charge in [-0.05, 0) is 109 Å². The molecule has 0 aliphatic carbocycles. The summed E-state index contributed by atoms with van der Waals surface area (Å²) in [6.45, 7) is 6.45. The van der Waals surface area contributed by atoms with Gasteiger partial charge in [0, 0.05) is 19.3 Å². The van der Waals surface area contributed by atoms with Crippen LogP contribution in [0, 0.1) is 0 Å². The molecule has 1 unspecified atom stereocenters. The largest absolute Gasteiger partial charge is 0.462 e. The second-order valence-corrected chi connectivity index (χ2v) is 19.5. The van der Waals surface area contributed by atoms with Crippen LogP contribution in [0.15, 0.2) is 85.1 Å². The molecule has 0 saturated carbocycles. The van der Waals surface area contributed by atoms with Gasteiger partial charge in [-0.1, -0.05) is 241 Å². The molecule has 0 aromatic rings. The second-order valence-electron chi connectivity index (χ2n) is 19.5. The summed E-state index contributed by atoms with van der Waals surface area (Å²) in [6.07, 6.45) is 75.8. The predicted octanol–water partition coefficient (Wildman–Crippen LogP) is 19.9. The van der Waals surface area contributed by atoms with Crippen molar-refractivity contribution < 1.29 is 28.6 Å². The SMILES string of the molecule is CC/C=C\C/C=C\C/C=C\C/C=C\CCCCCCCCCCC(=O)OCC(COC(=O)CCCCCCC/C=C\CCC)OC(=O)CCCCCCCCCCC/C=C\C/C=C\CCCCCCC. The van der Waals surface area contributed by atoms with Gasteiger partial charge in [-0.2, -0.15) is 0 Å². The topological polar surface area (TPSA) is 78.9 Å². The summed E-state index contributed by atoms with van der Waals surface area (Å²) >= 11 is 0. The van der Waals surface area contributed by atoms with E-state index in [1.807, 2.05) is 0 Å². The Balaban J connectivity index is 4.31. The summed E-state index contributed by atoms with van der Waals surface area (Å²) in [6, 6.07) is 0. The number of hydrogen-bond acceptors (Lipinski definition) is 6. The summed E-state index contributed by atoms with van der Waals surface area (Å²) in [5.41, 5.74) is 0. The van der Waals surface area contributed by atoms with E-state index >= 15 is 0 Å². The Kier molecular flexibility index (Phi) is 55.3. The molecule has 0 N–H and O–H groups in total. The minimum absolute atomic E-state index is 0.0849. The Morgan fingerprint density at radius 1 is 0.300 bits per heavy atom. The van der Waals surface area contributed by atoms with E-state index in [2.05, 4.69) is 106 Å². The normalized spacial score (nSPS) is 12.7. The Labute approximate surface area is 433 Å². The van der Waals surface area contributed by atoms with Crippen molar-refractivity contribution >= 4 is 17.9 Å². The monoisotopic (exact) mass is 975 g/mol. The van der Waals surface area contributed by atoms with Gasteiger partial charge in [0.05, 0.1) is 0 Å². The fourth-order valence-corrected chi connectivity index (χ4v) is 8.17. The van der Waals surface area contributed by atoms with Crippen LogP contribution in [0.3, 0.4) is 0 Å². The van der Waals surface area contributed by atoms with Gasteiger partial charge in [0.25, 0.3) is 0 Å². The van der Waals surface area contributed by atoms with Crippen LogP contribution in [0.5, 0.6) is 0 Å². The van der Waals surface area contributed by atoms with Crippen LogP contribution in [-0.4, -0.2) is 37.2 Å². The molecule has 0 fully saturated rings. The number of rotatable bonds is 53. The van der Waals surface area contributed by atoms with Crippen LogP contribution in [0.2, 0.25) is 0 Å². The molecule has 0 spiro atoms. The van der Waals surface area contributed by atoms with Crippen LogP contribution in [-0.2, 0) is 28.6 Å². The molecular formula is C64H110O6. The van der Waals surface area contributed by atoms with Gasteiger partial charge in [-0.25, -0.2) is 0 Å². The highest BCUT2D eigenvalue weighted by atomic mass is 16.6. The zero-order valence-electron chi connectivity index (χ0n) is 46.0. The number of unbranched alkanes of at least 4 members (excludes halogenated alkanes) is 28. The maximum absolute atomic E-state index is 12.9. The van der Waals surface area contributed by atoms with Crippen molar-refractivity contribution in [1.82, 2.24) is 0 Å². The number of ether oxygens (including phenoxy) is 3.